The maximum absolute atomic E-state index is 10.5. The van der Waals surface area contributed by atoms with Crippen molar-refractivity contribution in [1.29, 1.82) is 0 Å². The molecule has 3 heterocycles. The number of methoxy groups -OCH3 is 1. The quantitative estimate of drug-likeness (QED) is 0.944. The lowest BCUT2D eigenvalue weighted by molar-refractivity contribution is 0.213. The maximum Gasteiger partial charge on any atom is 0.143 e. The molecule has 0 fully saturated rings. The minimum absolute atomic E-state index is 0.594. The van der Waals surface area contributed by atoms with E-state index in [1.54, 1.807) is 24.6 Å². The molecular formula is C14H15NO2S2. The molecule has 2 aromatic heterocycles. The lowest BCUT2D eigenvalue weighted by Crippen LogP contribution is -2.03. The van der Waals surface area contributed by atoms with Crippen LogP contribution in [0.4, 0.5) is 0 Å². The molecule has 1 unspecified atom stereocenters. The van der Waals surface area contributed by atoms with E-state index >= 15 is 0 Å². The fourth-order valence-corrected chi connectivity index (χ4v) is 4.59. The molecule has 3 nitrogen and oxygen atoms in total. The van der Waals surface area contributed by atoms with Crippen LogP contribution < -0.4 is 4.74 Å². The third-order valence-electron chi connectivity index (χ3n) is 3.19. The second-order valence-electron chi connectivity index (χ2n) is 4.39. The van der Waals surface area contributed by atoms with E-state index in [0.29, 0.717) is 11.4 Å². The van der Waals surface area contributed by atoms with Gasteiger partial charge in [-0.2, -0.15) is 11.8 Å². The van der Waals surface area contributed by atoms with Crippen molar-refractivity contribution in [2.75, 3.05) is 12.9 Å². The molecule has 5 heteroatoms. The number of nitrogens with zero attached hydrogens (tertiary/aromatic N) is 1. The highest BCUT2D eigenvalue weighted by atomic mass is 32.2. The molecule has 1 aliphatic heterocycles. The predicted octanol–water partition coefficient (Wildman–Crippen LogP) is 3.02. The molecule has 100 valence electrons. The van der Waals surface area contributed by atoms with Crippen LogP contribution in [0.5, 0.6) is 5.75 Å². The average Bonchev–Trinajstić information content (AvgIpc) is 2.90. The summed E-state index contributed by atoms with van der Waals surface area (Å²) in [5, 5.41) is 10.5. The van der Waals surface area contributed by atoms with Crippen LogP contribution in [-0.2, 0) is 12.2 Å². The Morgan fingerprint density at radius 1 is 1.47 bits per heavy atom. The zero-order valence-corrected chi connectivity index (χ0v) is 12.3. The highest BCUT2D eigenvalue weighted by molar-refractivity contribution is 7.98. The number of thioether (sulfide) groups is 1. The number of aliphatic hydroxyl groups is 1. The molecule has 2 aromatic rings. The number of pyridine rings is 1. The highest BCUT2D eigenvalue weighted by Crippen LogP contribution is 2.37. The first-order valence-corrected chi connectivity index (χ1v) is 8.13. The van der Waals surface area contributed by atoms with Gasteiger partial charge < -0.3 is 9.84 Å². The SMILES string of the molecule is COc1cccnc1C(O)c1cc2c(s1)CCSC2. The second kappa shape index (κ2) is 5.53. The van der Waals surface area contributed by atoms with Crippen molar-refractivity contribution in [3.05, 3.63) is 45.4 Å². The van der Waals surface area contributed by atoms with Gasteiger partial charge in [0.25, 0.3) is 0 Å². The van der Waals surface area contributed by atoms with Crippen molar-refractivity contribution in [2.45, 2.75) is 18.3 Å². The Labute approximate surface area is 120 Å². The van der Waals surface area contributed by atoms with Gasteiger partial charge in [-0.25, -0.2) is 0 Å². The van der Waals surface area contributed by atoms with Crippen LogP contribution in [0.25, 0.3) is 0 Å². The van der Waals surface area contributed by atoms with E-state index in [1.807, 2.05) is 23.9 Å². The summed E-state index contributed by atoms with van der Waals surface area (Å²) in [5.74, 6) is 2.86. The molecule has 0 bridgehead atoms. The largest absolute Gasteiger partial charge is 0.495 e. The Morgan fingerprint density at radius 2 is 2.37 bits per heavy atom. The van der Waals surface area contributed by atoms with Gasteiger partial charge in [0.1, 0.15) is 17.5 Å². The molecule has 0 amide bonds. The number of thiophene rings is 1. The van der Waals surface area contributed by atoms with Gasteiger partial charge in [-0.05, 0) is 35.9 Å². The fourth-order valence-electron chi connectivity index (χ4n) is 2.22. The second-order valence-corrected chi connectivity index (χ2v) is 6.67. The van der Waals surface area contributed by atoms with Crippen LogP contribution in [0.1, 0.15) is 27.1 Å². The van der Waals surface area contributed by atoms with Crippen molar-refractivity contribution in [2.24, 2.45) is 0 Å². The van der Waals surface area contributed by atoms with Gasteiger partial charge in [0, 0.05) is 21.7 Å². The van der Waals surface area contributed by atoms with Crippen LogP contribution in [0, 0.1) is 0 Å². The van der Waals surface area contributed by atoms with Gasteiger partial charge in [-0.3, -0.25) is 4.98 Å². The normalized spacial score (nSPS) is 15.9. The molecule has 1 aliphatic rings. The maximum atomic E-state index is 10.5. The molecule has 0 aromatic carbocycles. The average molecular weight is 293 g/mol. The summed E-state index contributed by atoms with van der Waals surface area (Å²) in [6, 6.07) is 5.75. The van der Waals surface area contributed by atoms with Gasteiger partial charge in [-0.1, -0.05) is 0 Å². The number of hydrogen-bond donors (Lipinski definition) is 1. The van der Waals surface area contributed by atoms with E-state index in [0.717, 1.165) is 17.1 Å². The van der Waals surface area contributed by atoms with Gasteiger partial charge in [0.05, 0.1) is 7.11 Å². The smallest absolute Gasteiger partial charge is 0.143 e. The number of aliphatic hydroxyl groups excluding tert-OH is 1. The third-order valence-corrected chi connectivity index (χ3v) is 5.49. The number of fused-ring (bicyclic) bond motifs is 1. The van der Waals surface area contributed by atoms with Crippen molar-refractivity contribution in [1.82, 2.24) is 4.98 Å². The minimum Gasteiger partial charge on any atom is -0.495 e. The predicted molar refractivity (Wildman–Crippen MR) is 79.0 cm³/mol. The summed E-state index contributed by atoms with van der Waals surface area (Å²) in [5.41, 5.74) is 1.96. The number of aromatic nitrogens is 1. The Hall–Kier alpha value is -1.04. The lowest BCUT2D eigenvalue weighted by Gasteiger charge is -2.11. The van der Waals surface area contributed by atoms with Crippen LogP contribution in [0.2, 0.25) is 0 Å². The van der Waals surface area contributed by atoms with Crippen LogP contribution in [0.15, 0.2) is 24.4 Å². The topological polar surface area (TPSA) is 42.4 Å². The van der Waals surface area contributed by atoms with Gasteiger partial charge in [0.15, 0.2) is 0 Å². The van der Waals surface area contributed by atoms with E-state index in [4.69, 9.17) is 4.74 Å². The molecule has 0 saturated heterocycles. The van der Waals surface area contributed by atoms with E-state index in [9.17, 15) is 5.11 Å². The zero-order valence-electron chi connectivity index (χ0n) is 10.6. The molecule has 0 aliphatic carbocycles. The molecule has 1 atom stereocenters. The molecule has 19 heavy (non-hydrogen) atoms. The Morgan fingerprint density at radius 3 is 3.16 bits per heavy atom. The van der Waals surface area contributed by atoms with Crippen molar-refractivity contribution in [3.8, 4) is 5.75 Å². The fraction of sp³-hybridized carbons (Fsp3) is 0.357. The summed E-state index contributed by atoms with van der Waals surface area (Å²) in [6.45, 7) is 0. The van der Waals surface area contributed by atoms with E-state index in [1.165, 1.54) is 16.2 Å². The molecule has 3 rings (SSSR count). The van der Waals surface area contributed by atoms with Crippen molar-refractivity contribution >= 4 is 23.1 Å². The summed E-state index contributed by atoms with van der Waals surface area (Å²) < 4.78 is 5.27. The molecular weight excluding hydrogens is 278 g/mol. The molecule has 0 saturated carbocycles. The lowest BCUT2D eigenvalue weighted by atomic mass is 10.1. The first-order valence-electron chi connectivity index (χ1n) is 6.16. The van der Waals surface area contributed by atoms with Gasteiger partial charge in [-0.15, -0.1) is 11.3 Å². The minimum atomic E-state index is -0.697. The van der Waals surface area contributed by atoms with E-state index < -0.39 is 6.10 Å². The number of hydrogen-bond acceptors (Lipinski definition) is 5. The number of rotatable bonds is 3. The van der Waals surface area contributed by atoms with Gasteiger partial charge in [0.2, 0.25) is 0 Å². The molecule has 0 spiro atoms. The summed E-state index contributed by atoms with van der Waals surface area (Å²) in [4.78, 5) is 6.63. The first kappa shape index (κ1) is 13.0. The summed E-state index contributed by atoms with van der Waals surface area (Å²) in [7, 11) is 1.60. The summed E-state index contributed by atoms with van der Waals surface area (Å²) in [6.07, 6.45) is 2.10. The Bertz CT molecular complexity index is 559. The van der Waals surface area contributed by atoms with Crippen molar-refractivity contribution in [3.63, 3.8) is 0 Å². The Balaban J connectivity index is 1.95. The third kappa shape index (κ3) is 2.50. The number of ether oxygens (including phenoxy) is 1. The van der Waals surface area contributed by atoms with E-state index in [2.05, 4.69) is 11.1 Å². The van der Waals surface area contributed by atoms with Crippen LogP contribution >= 0.6 is 23.1 Å². The standard InChI is InChI=1S/C14H15NO2S2/c1-17-10-3-2-5-15-13(10)14(16)12-7-9-8-18-6-4-11(9)19-12/h2-3,5,7,14,16H,4,6,8H2,1H3. The van der Waals surface area contributed by atoms with Crippen LogP contribution in [0.3, 0.4) is 0 Å². The Kier molecular flexibility index (Phi) is 3.77. The summed E-state index contributed by atoms with van der Waals surface area (Å²) >= 11 is 3.65. The molecule has 1 N–H and O–H groups in total. The molecule has 0 radical (unpaired) electrons. The van der Waals surface area contributed by atoms with Gasteiger partial charge >= 0.3 is 0 Å². The van der Waals surface area contributed by atoms with Crippen LogP contribution in [-0.4, -0.2) is 23.0 Å². The monoisotopic (exact) mass is 293 g/mol. The van der Waals surface area contributed by atoms with E-state index in [-0.39, 0.29) is 0 Å². The zero-order chi connectivity index (χ0) is 13.2. The highest BCUT2D eigenvalue weighted by Gasteiger charge is 2.22. The first-order chi connectivity index (χ1) is 9.29. The number of aryl methyl sites for hydroxylation is 1. The van der Waals surface area contributed by atoms with Crippen molar-refractivity contribution < 1.29 is 9.84 Å².